The Kier molecular flexibility index (Phi) is 2.52. The zero-order valence-electron chi connectivity index (χ0n) is 11.0. The Morgan fingerprint density at radius 2 is 1.95 bits per heavy atom. The van der Waals surface area contributed by atoms with Crippen molar-refractivity contribution in [3.05, 3.63) is 59.2 Å². The molecule has 20 heavy (non-hydrogen) atoms. The van der Waals surface area contributed by atoms with Gasteiger partial charge in [0.15, 0.2) is 5.78 Å². The topological polar surface area (TPSA) is 35.5 Å². The largest absolute Gasteiger partial charge is 0.493 e. The number of ketones is 1. The second-order valence-corrected chi connectivity index (χ2v) is 5.19. The lowest BCUT2D eigenvalue weighted by molar-refractivity contribution is 0.0947. The van der Waals surface area contributed by atoms with Crippen LogP contribution in [0, 0.1) is 0 Å². The van der Waals surface area contributed by atoms with E-state index >= 15 is 0 Å². The van der Waals surface area contributed by atoms with E-state index in [9.17, 15) is 4.79 Å². The van der Waals surface area contributed by atoms with Crippen molar-refractivity contribution < 1.29 is 14.3 Å². The predicted molar refractivity (Wildman–Crippen MR) is 74.6 cm³/mol. The molecule has 1 unspecified atom stereocenters. The fourth-order valence-electron chi connectivity index (χ4n) is 2.92. The van der Waals surface area contributed by atoms with Crippen molar-refractivity contribution in [2.24, 2.45) is 0 Å². The van der Waals surface area contributed by atoms with Crippen LogP contribution in [-0.2, 0) is 6.42 Å². The molecule has 3 nitrogen and oxygen atoms in total. The summed E-state index contributed by atoms with van der Waals surface area (Å²) in [6.07, 6.45) is 0.883. The van der Waals surface area contributed by atoms with Gasteiger partial charge in [-0.05, 0) is 29.8 Å². The van der Waals surface area contributed by atoms with Crippen LogP contribution in [0.25, 0.3) is 0 Å². The van der Waals surface area contributed by atoms with Crippen LogP contribution in [0.3, 0.4) is 0 Å². The third-order valence-electron chi connectivity index (χ3n) is 3.99. The number of para-hydroxylation sites is 1. The molecule has 0 fully saturated rings. The van der Waals surface area contributed by atoms with Gasteiger partial charge in [0.05, 0.1) is 12.5 Å². The number of rotatable bonds is 2. The molecule has 0 bridgehead atoms. The van der Waals surface area contributed by atoms with Crippen molar-refractivity contribution in [3.8, 4) is 11.5 Å². The van der Waals surface area contributed by atoms with Gasteiger partial charge >= 0.3 is 0 Å². The Labute approximate surface area is 117 Å². The summed E-state index contributed by atoms with van der Waals surface area (Å²) < 4.78 is 11.1. The summed E-state index contributed by atoms with van der Waals surface area (Å²) in [6.45, 7) is 1.15. The van der Waals surface area contributed by atoms with E-state index in [0.29, 0.717) is 13.2 Å². The summed E-state index contributed by atoms with van der Waals surface area (Å²) >= 11 is 0. The van der Waals surface area contributed by atoms with Crippen LogP contribution < -0.4 is 9.47 Å². The minimum absolute atomic E-state index is 0.129. The molecule has 1 atom stereocenters. The molecule has 0 amide bonds. The van der Waals surface area contributed by atoms with Crippen molar-refractivity contribution >= 4 is 5.78 Å². The highest BCUT2D eigenvalue weighted by Gasteiger charge is 2.31. The first-order valence-electron chi connectivity index (χ1n) is 6.84. The van der Waals surface area contributed by atoms with Crippen molar-refractivity contribution in [2.45, 2.75) is 12.3 Å². The monoisotopic (exact) mass is 266 g/mol. The molecule has 0 saturated heterocycles. The van der Waals surface area contributed by atoms with Crippen molar-refractivity contribution in [1.82, 2.24) is 0 Å². The standard InChI is InChI=1S/C17H14O3/c18-17(12-5-6-15-11(9-12)7-8-19-15)14-10-20-16-4-2-1-3-13(14)16/h1-6,9,14H,7-8,10H2. The molecule has 2 aromatic rings. The summed E-state index contributed by atoms with van der Waals surface area (Å²) in [7, 11) is 0. The number of fused-ring (bicyclic) bond motifs is 2. The molecule has 4 rings (SSSR count). The summed E-state index contributed by atoms with van der Waals surface area (Å²) in [6, 6.07) is 13.5. The number of carbonyl (C=O) groups excluding carboxylic acids is 1. The van der Waals surface area contributed by atoms with E-state index in [0.717, 1.165) is 34.6 Å². The van der Waals surface area contributed by atoms with E-state index < -0.39 is 0 Å². The molecule has 3 heteroatoms. The van der Waals surface area contributed by atoms with Gasteiger partial charge in [-0.25, -0.2) is 0 Å². The second-order valence-electron chi connectivity index (χ2n) is 5.19. The van der Waals surface area contributed by atoms with Crippen molar-refractivity contribution in [1.29, 1.82) is 0 Å². The molecular formula is C17H14O3. The van der Waals surface area contributed by atoms with Gasteiger partial charge in [-0.2, -0.15) is 0 Å². The Hall–Kier alpha value is -2.29. The van der Waals surface area contributed by atoms with Gasteiger partial charge in [-0.15, -0.1) is 0 Å². The maximum absolute atomic E-state index is 12.7. The highest BCUT2D eigenvalue weighted by molar-refractivity contribution is 6.02. The van der Waals surface area contributed by atoms with Crippen molar-refractivity contribution in [2.75, 3.05) is 13.2 Å². The highest BCUT2D eigenvalue weighted by Crippen LogP contribution is 2.36. The second kappa shape index (κ2) is 4.37. The van der Waals surface area contributed by atoms with Crippen LogP contribution >= 0.6 is 0 Å². The lowest BCUT2D eigenvalue weighted by Crippen LogP contribution is -2.14. The molecule has 2 aliphatic heterocycles. The predicted octanol–water partition coefficient (Wildman–Crippen LogP) is 2.98. The SMILES string of the molecule is O=C(c1ccc2c(c1)CCO2)C1COc2ccccc21. The zero-order valence-corrected chi connectivity index (χ0v) is 11.0. The molecule has 0 N–H and O–H groups in total. The van der Waals surface area contributed by atoms with Crippen LogP contribution in [0.5, 0.6) is 11.5 Å². The third-order valence-corrected chi connectivity index (χ3v) is 3.99. The van der Waals surface area contributed by atoms with Crippen LogP contribution in [0.2, 0.25) is 0 Å². The molecule has 0 spiro atoms. The Bertz CT molecular complexity index is 690. The van der Waals surface area contributed by atoms with Gasteiger partial charge in [0.2, 0.25) is 0 Å². The van der Waals surface area contributed by atoms with E-state index in [1.54, 1.807) is 0 Å². The number of ether oxygens (including phenoxy) is 2. The highest BCUT2D eigenvalue weighted by atomic mass is 16.5. The third kappa shape index (κ3) is 1.70. The Balaban J connectivity index is 1.68. The summed E-state index contributed by atoms with van der Waals surface area (Å²) in [4.78, 5) is 12.7. The molecular weight excluding hydrogens is 252 g/mol. The van der Waals surface area contributed by atoms with Gasteiger partial charge in [0, 0.05) is 17.5 Å². The molecule has 100 valence electrons. The van der Waals surface area contributed by atoms with E-state index in [2.05, 4.69) is 0 Å². The molecule has 2 aromatic carbocycles. The maximum atomic E-state index is 12.7. The Morgan fingerprint density at radius 3 is 2.90 bits per heavy atom. The first kappa shape index (κ1) is 11.5. The number of hydrogen-bond acceptors (Lipinski definition) is 3. The van der Waals surface area contributed by atoms with E-state index in [4.69, 9.17) is 9.47 Å². The molecule has 0 radical (unpaired) electrons. The Morgan fingerprint density at radius 1 is 1.05 bits per heavy atom. The fraction of sp³-hybridized carbons (Fsp3) is 0.235. The summed E-state index contributed by atoms with van der Waals surface area (Å²) in [5.41, 5.74) is 2.87. The lowest BCUT2D eigenvalue weighted by Gasteiger charge is -2.09. The van der Waals surface area contributed by atoms with Crippen LogP contribution in [0.1, 0.15) is 27.4 Å². The summed E-state index contributed by atoms with van der Waals surface area (Å²) in [5, 5.41) is 0. The van der Waals surface area contributed by atoms with Gasteiger partial charge in [0.1, 0.15) is 18.1 Å². The van der Waals surface area contributed by atoms with Gasteiger partial charge < -0.3 is 9.47 Å². The summed E-state index contributed by atoms with van der Waals surface area (Å²) in [5.74, 6) is 1.68. The zero-order chi connectivity index (χ0) is 13.5. The van der Waals surface area contributed by atoms with Crippen LogP contribution in [0.4, 0.5) is 0 Å². The number of hydrogen-bond donors (Lipinski definition) is 0. The fourth-order valence-corrected chi connectivity index (χ4v) is 2.92. The molecule has 0 aromatic heterocycles. The number of Topliss-reactive ketones (excluding diaryl/α,β-unsaturated/α-hetero) is 1. The minimum atomic E-state index is -0.188. The molecule has 0 saturated carbocycles. The van der Waals surface area contributed by atoms with Gasteiger partial charge in [0.25, 0.3) is 0 Å². The quantitative estimate of drug-likeness (QED) is 0.784. The van der Waals surface area contributed by atoms with Gasteiger partial charge in [-0.1, -0.05) is 18.2 Å². The number of carbonyl (C=O) groups is 1. The number of benzene rings is 2. The average Bonchev–Trinajstić information content (AvgIpc) is 3.12. The first-order valence-corrected chi connectivity index (χ1v) is 6.84. The van der Waals surface area contributed by atoms with Gasteiger partial charge in [-0.3, -0.25) is 4.79 Å². The average molecular weight is 266 g/mol. The van der Waals surface area contributed by atoms with E-state index in [1.807, 2.05) is 42.5 Å². The molecule has 2 aliphatic rings. The normalized spacial score (nSPS) is 18.9. The van der Waals surface area contributed by atoms with Crippen LogP contribution in [-0.4, -0.2) is 19.0 Å². The maximum Gasteiger partial charge on any atom is 0.173 e. The van der Waals surface area contributed by atoms with Crippen LogP contribution in [0.15, 0.2) is 42.5 Å². The first-order chi connectivity index (χ1) is 9.83. The molecule has 0 aliphatic carbocycles. The minimum Gasteiger partial charge on any atom is -0.493 e. The van der Waals surface area contributed by atoms with E-state index in [1.165, 1.54) is 0 Å². The smallest absolute Gasteiger partial charge is 0.173 e. The molecule has 2 heterocycles. The van der Waals surface area contributed by atoms with E-state index in [-0.39, 0.29) is 11.7 Å². The van der Waals surface area contributed by atoms with Crippen molar-refractivity contribution in [3.63, 3.8) is 0 Å². The lowest BCUT2D eigenvalue weighted by atomic mass is 9.91.